The molecular weight excluding hydrogens is 354 g/mol. The van der Waals surface area contributed by atoms with E-state index < -0.39 is 0 Å². The molecule has 2 aromatic rings. The van der Waals surface area contributed by atoms with Crippen LogP contribution in [0.1, 0.15) is 25.7 Å². The normalized spacial score (nSPS) is 14.7. The molecule has 3 rings (SSSR count). The van der Waals surface area contributed by atoms with Gasteiger partial charge in [0.2, 0.25) is 0 Å². The second-order valence-electron chi connectivity index (χ2n) is 5.85. The molecule has 0 spiro atoms. The molecule has 0 unspecified atom stereocenters. The standard InChI is InChI=1S/C19H20BrNO2/c20-17-12-15(14-6-2-1-3-7-14)10-11-18(17)23-13-19(22)21-16-8-4-5-9-16/h1-3,6-7,10-12,16H,4-5,8-9,13H2,(H,21,22). The van der Waals surface area contributed by atoms with Gasteiger partial charge in [0.1, 0.15) is 5.75 Å². The lowest BCUT2D eigenvalue weighted by Gasteiger charge is -2.13. The smallest absolute Gasteiger partial charge is 0.258 e. The first kappa shape index (κ1) is 16.1. The van der Waals surface area contributed by atoms with Crippen LogP contribution in [0.25, 0.3) is 11.1 Å². The molecule has 0 saturated heterocycles. The zero-order valence-corrected chi connectivity index (χ0v) is 14.5. The van der Waals surface area contributed by atoms with Gasteiger partial charge >= 0.3 is 0 Å². The van der Waals surface area contributed by atoms with Crippen molar-refractivity contribution < 1.29 is 9.53 Å². The van der Waals surface area contributed by atoms with Crippen LogP contribution in [-0.2, 0) is 4.79 Å². The molecule has 2 aromatic carbocycles. The van der Waals surface area contributed by atoms with Crippen molar-refractivity contribution in [3.8, 4) is 16.9 Å². The van der Waals surface area contributed by atoms with Crippen molar-refractivity contribution >= 4 is 21.8 Å². The van der Waals surface area contributed by atoms with E-state index in [2.05, 4.69) is 33.4 Å². The maximum atomic E-state index is 11.9. The molecule has 0 atom stereocenters. The Morgan fingerprint density at radius 2 is 1.83 bits per heavy atom. The third-order valence-corrected chi connectivity index (χ3v) is 4.74. The zero-order chi connectivity index (χ0) is 16.1. The predicted octanol–water partition coefficient (Wildman–Crippen LogP) is 4.55. The number of nitrogens with one attached hydrogen (secondary N) is 1. The van der Waals surface area contributed by atoms with Crippen LogP contribution in [-0.4, -0.2) is 18.6 Å². The average Bonchev–Trinajstić information content (AvgIpc) is 3.07. The predicted molar refractivity (Wildman–Crippen MR) is 95.5 cm³/mol. The molecule has 1 N–H and O–H groups in total. The highest BCUT2D eigenvalue weighted by atomic mass is 79.9. The highest BCUT2D eigenvalue weighted by Crippen LogP contribution is 2.30. The molecule has 1 amide bonds. The van der Waals surface area contributed by atoms with Crippen LogP contribution >= 0.6 is 15.9 Å². The molecular formula is C19H20BrNO2. The van der Waals surface area contributed by atoms with E-state index in [-0.39, 0.29) is 12.5 Å². The van der Waals surface area contributed by atoms with Gasteiger partial charge in [-0.05, 0) is 52.0 Å². The number of benzene rings is 2. The summed E-state index contributed by atoms with van der Waals surface area (Å²) in [5.41, 5.74) is 2.26. The summed E-state index contributed by atoms with van der Waals surface area (Å²) in [6, 6.07) is 16.4. The van der Waals surface area contributed by atoms with Crippen molar-refractivity contribution in [2.75, 3.05) is 6.61 Å². The van der Waals surface area contributed by atoms with Crippen molar-refractivity contribution in [3.63, 3.8) is 0 Å². The maximum Gasteiger partial charge on any atom is 0.258 e. The first-order valence-electron chi connectivity index (χ1n) is 7.99. The number of carbonyl (C=O) groups excluding carboxylic acids is 1. The minimum Gasteiger partial charge on any atom is -0.483 e. The van der Waals surface area contributed by atoms with Crippen LogP contribution in [0.2, 0.25) is 0 Å². The second kappa shape index (κ2) is 7.64. The number of hydrogen-bond acceptors (Lipinski definition) is 2. The van der Waals surface area contributed by atoms with Gasteiger partial charge in [0.05, 0.1) is 4.47 Å². The van der Waals surface area contributed by atoms with Crippen molar-refractivity contribution in [2.24, 2.45) is 0 Å². The lowest BCUT2D eigenvalue weighted by molar-refractivity contribution is -0.123. The molecule has 1 aliphatic carbocycles. The summed E-state index contributed by atoms with van der Waals surface area (Å²) in [6.07, 6.45) is 4.58. The molecule has 4 heteroatoms. The summed E-state index contributed by atoms with van der Waals surface area (Å²) in [6.45, 7) is 0.0553. The first-order valence-corrected chi connectivity index (χ1v) is 8.79. The fraction of sp³-hybridized carbons (Fsp3) is 0.316. The van der Waals surface area contributed by atoms with Gasteiger partial charge in [0.25, 0.3) is 5.91 Å². The van der Waals surface area contributed by atoms with Gasteiger partial charge in [-0.15, -0.1) is 0 Å². The highest BCUT2D eigenvalue weighted by molar-refractivity contribution is 9.10. The summed E-state index contributed by atoms with van der Waals surface area (Å²) in [5, 5.41) is 3.03. The van der Waals surface area contributed by atoms with Gasteiger partial charge in [-0.2, -0.15) is 0 Å². The van der Waals surface area contributed by atoms with E-state index in [1.807, 2.05) is 36.4 Å². The molecule has 0 aromatic heterocycles. The third-order valence-electron chi connectivity index (χ3n) is 4.12. The van der Waals surface area contributed by atoms with Gasteiger partial charge in [0, 0.05) is 6.04 Å². The lowest BCUT2D eigenvalue weighted by Crippen LogP contribution is -2.36. The number of hydrogen-bond donors (Lipinski definition) is 1. The van der Waals surface area contributed by atoms with Crippen LogP contribution < -0.4 is 10.1 Å². The molecule has 3 nitrogen and oxygen atoms in total. The van der Waals surface area contributed by atoms with Gasteiger partial charge in [-0.25, -0.2) is 0 Å². The molecule has 120 valence electrons. The van der Waals surface area contributed by atoms with Crippen molar-refractivity contribution in [1.82, 2.24) is 5.32 Å². The Bertz CT molecular complexity index is 666. The molecule has 1 saturated carbocycles. The monoisotopic (exact) mass is 373 g/mol. The van der Waals surface area contributed by atoms with Crippen molar-refractivity contribution in [3.05, 3.63) is 53.0 Å². The van der Waals surface area contributed by atoms with Crippen LogP contribution in [0.5, 0.6) is 5.75 Å². The Balaban J connectivity index is 1.59. The minimum absolute atomic E-state index is 0.0454. The number of rotatable bonds is 5. The van der Waals surface area contributed by atoms with Crippen molar-refractivity contribution in [1.29, 1.82) is 0 Å². The largest absolute Gasteiger partial charge is 0.483 e. The van der Waals surface area contributed by atoms with E-state index >= 15 is 0 Å². The minimum atomic E-state index is -0.0454. The molecule has 23 heavy (non-hydrogen) atoms. The molecule has 1 fully saturated rings. The van der Waals surface area contributed by atoms with E-state index in [4.69, 9.17) is 4.74 Å². The Morgan fingerprint density at radius 3 is 2.52 bits per heavy atom. The Hall–Kier alpha value is -1.81. The van der Waals surface area contributed by atoms with E-state index in [1.165, 1.54) is 12.8 Å². The van der Waals surface area contributed by atoms with Gasteiger partial charge in [-0.1, -0.05) is 49.2 Å². The summed E-state index contributed by atoms with van der Waals surface area (Å²) < 4.78 is 6.50. The number of amides is 1. The van der Waals surface area contributed by atoms with E-state index in [0.29, 0.717) is 11.8 Å². The van der Waals surface area contributed by atoms with Crippen molar-refractivity contribution in [2.45, 2.75) is 31.7 Å². The highest BCUT2D eigenvalue weighted by Gasteiger charge is 2.17. The lowest BCUT2D eigenvalue weighted by atomic mass is 10.1. The van der Waals surface area contributed by atoms with E-state index in [9.17, 15) is 4.79 Å². The Kier molecular flexibility index (Phi) is 5.34. The van der Waals surface area contributed by atoms with Crippen LogP contribution in [0.15, 0.2) is 53.0 Å². The SMILES string of the molecule is O=C(COc1ccc(-c2ccccc2)cc1Br)NC1CCCC1. The maximum absolute atomic E-state index is 11.9. The van der Waals surface area contributed by atoms with Crippen LogP contribution in [0.3, 0.4) is 0 Å². The van der Waals surface area contributed by atoms with E-state index in [0.717, 1.165) is 28.4 Å². The summed E-state index contributed by atoms with van der Waals surface area (Å²) in [7, 11) is 0. The molecule has 1 aliphatic rings. The van der Waals surface area contributed by atoms with Crippen LogP contribution in [0, 0.1) is 0 Å². The van der Waals surface area contributed by atoms with Crippen LogP contribution in [0.4, 0.5) is 0 Å². The number of carbonyl (C=O) groups is 1. The topological polar surface area (TPSA) is 38.3 Å². The average molecular weight is 374 g/mol. The molecule has 0 bridgehead atoms. The zero-order valence-electron chi connectivity index (χ0n) is 12.9. The summed E-state index contributed by atoms with van der Waals surface area (Å²) >= 11 is 3.53. The Labute approximate surface area is 145 Å². The summed E-state index contributed by atoms with van der Waals surface area (Å²) in [4.78, 5) is 11.9. The summed E-state index contributed by atoms with van der Waals surface area (Å²) in [5.74, 6) is 0.641. The Morgan fingerprint density at radius 1 is 1.09 bits per heavy atom. The fourth-order valence-corrected chi connectivity index (χ4v) is 3.40. The molecule has 0 heterocycles. The fourth-order valence-electron chi connectivity index (χ4n) is 2.91. The number of ether oxygens (including phenoxy) is 1. The van der Waals surface area contributed by atoms with Gasteiger partial charge in [-0.3, -0.25) is 4.79 Å². The van der Waals surface area contributed by atoms with E-state index in [1.54, 1.807) is 0 Å². The third kappa shape index (κ3) is 4.35. The van der Waals surface area contributed by atoms with Gasteiger partial charge < -0.3 is 10.1 Å². The quantitative estimate of drug-likeness (QED) is 0.834. The number of halogens is 1. The molecule has 0 radical (unpaired) electrons. The second-order valence-corrected chi connectivity index (χ2v) is 6.70. The first-order chi connectivity index (χ1) is 11.2. The molecule has 0 aliphatic heterocycles. The van der Waals surface area contributed by atoms with Gasteiger partial charge in [0.15, 0.2) is 6.61 Å².